The van der Waals surface area contributed by atoms with E-state index in [9.17, 15) is 14.3 Å². The van der Waals surface area contributed by atoms with Crippen LogP contribution in [0.4, 0.5) is 4.39 Å². The fourth-order valence-corrected chi connectivity index (χ4v) is 3.11. The van der Waals surface area contributed by atoms with E-state index in [0.717, 1.165) is 18.4 Å². The van der Waals surface area contributed by atoms with E-state index in [2.05, 4.69) is 0 Å². The summed E-state index contributed by atoms with van der Waals surface area (Å²) in [4.78, 5) is 16.8. The molecule has 0 unspecified atom stereocenters. The predicted octanol–water partition coefficient (Wildman–Crippen LogP) is 3.33. The molecule has 0 bridgehead atoms. The number of hydrogen-bond acceptors (Lipinski definition) is 3. The Labute approximate surface area is 147 Å². The van der Waals surface area contributed by atoms with Crippen LogP contribution in [-0.4, -0.2) is 41.0 Å². The number of hydrogen-bond donors (Lipinski definition) is 1. The Morgan fingerprint density at radius 1 is 1.20 bits per heavy atom. The van der Waals surface area contributed by atoms with Crippen LogP contribution in [0.5, 0.6) is 5.75 Å². The monoisotopic (exact) mass is 342 g/mol. The van der Waals surface area contributed by atoms with Crippen molar-refractivity contribution in [1.82, 2.24) is 9.80 Å². The first kappa shape index (κ1) is 17.4. The Morgan fingerprint density at radius 2 is 1.92 bits per heavy atom. The van der Waals surface area contributed by atoms with E-state index < -0.39 is 6.04 Å². The molecule has 25 heavy (non-hydrogen) atoms. The first-order valence-corrected chi connectivity index (χ1v) is 8.46. The Kier molecular flexibility index (Phi) is 5.04. The van der Waals surface area contributed by atoms with Crippen molar-refractivity contribution in [2.24, 2.45) is 0 Å². The molecule has 132 valence electrons. The van der Waals surface area contributed by atoms with E-state index >= 15 is 0 Å². The van der Waals surface area contributed by atoms with E-state index in [4.69, 9.17) is 0 Å². The molecule has 4 nitrogen and oxygen atoms in total. The van der Waals surface area contributed by atoms with Gasteiger partial charge in [0, 0.05) is 18.2 Å². The number of benzene rings is 2. The summed E-state index contributed by atoms with van der Waals surface area (Å²) < 4.78 is 14.3. The zero-order chi connectivity index (χ0) is 18.0. The lowest BCUT2D eigenvalue weighted by Gasteiger charge is -2.31. The highest BCUT2D eigenvalue weighted by Crippen LogP contribution is 2.33. The van der Waals surface area contributed by atoms with Gasteiger partial charge in [0.1, 0.15) is 17.6 Å². The van der Waals surface area contributed by atoms with Gasteiger partial charge < -0.3 is 10.0 Å². The van der Waals surface area contributed by atoms with Crippen LogP contribution in [0.2, 0.25) is 0 Å². The third kappa shape index (κ3) is 3.99. The summed E-state index contributed by atoms with van der Waals surface area (Å²) in [5.74, 6) is -0.303. The Bertz CT molecular complexity index is 759. The molecule has 1 atom stereocenters. The van der Waals surface area contributed by atoms with Crippen LogP contribution in [0.1, 0.15) is 30.0 Å². The molecule has 1 aliphatic carbocycles. The number of phenolic OH excluding ortho intramolecular Hbond substituents is 1. The van der Waals surface area contributed by atoms with Crippen LogP contribution in [-0.2, 0) is 11.3 Å². The SMILES string of the molecule is CN(C)[C@H](C(=O)N(Cc1cccc(O)c1)C1CC1)c1ccccc1F. The lowest BCUT2D eigenvalue weighted by molar-refractivity contribution is -0.137. The highest BCUT2D eigenvalue weighted by atomic mass is 19.1. The number of carbonyl (C=O) groups excluding carboxylic acids is 1. The molecular weight excluding hydrogens is 319 g/mol. The Morgan fingerprint density at radius 3 is 2.52 bits per heavy atom. The van der Waals surface area contributed by atoms with Crippen molar-refractivity contribution in [3.8, 4) is 5.75 Å². The quantitative estimate of drug-likeness (QED) is 0.876. The fraction of sp³-hybridized carbons (Fsp3) is 0.350. The summed E-state index contributed by atoms with van der Waals surface area (Å²) in [5, 5.41) is 9.67. The van der Waals surface area contributed by atoms with Crippen molar-refractivity contribution < 1.29 is 14.3 Å². The Hall–Kier alpha value is -2.40. The van der Waals surface area contributed by atoms with Gasteiger partial charge >= 0.3 is 0 Å². The molecule has 0 saturated heterocycles. The maximum Gasteiger partial charge on any atom is 0.245 e. The summed E-state index contributed by atoms with van der Waals surface area (Å²) in [6, 6.07) is 12.9. The van der Waals surface area contributed by atoms with Crippen LogP contribution in [0.3, 0.4) is 0 Å². The van der Waals surface area contributed by atoms with Gasteiger partial charge in [0.05, 0.1) is 0 Å². The van der Waals surface area contributed by atoms with E-state index in [1.165, 1.54) is 6.07 Å². The summed E-state index contributed by atoms with van der Waals surface area (Å²) in [7, 11) is 3.57. The molecule has 1 saturated carbocycles. The molecule has 0 aromatic heterocycles. The van der Waals surface area contributed by atoms with Crippen LogP contribution >= 0.6 is 0 Å². The number of likely N-dealkylation sites (N-methyl/N-ethyl adjacent to an activating group) is 1. The lowest BCUT2D eigenvalue weighted by atomic mass is 10.0. The molecule has 0 radical (unpaired) electrons. The van der Waals surface area contributed by atoms with Gasteiger partial charge in [-0.2, -0.15) is 0 Å². The standard InChI is InChI=1S/C20H23FN2O2/c1-22(2)19(17-8-3-4-9-18(17)21)20(25)23(15-10-11-15)13-14-6-5-7-16(24)12-14/h3-9,12,15,19,24H,10-11,13H2,1-2H3/t19-/m0/s1. The maximum absolute atomic E-state index is 14.3. The van der Waals surface area contributed by atoms with Crippen molar-refractivity contribution in [2.75, 3.05) is 14.1 Å². The number of amides is 1. The van der Waals surface area contributed by atoms with Crippen molar-refractivity contribution in [3.05, 3.63) is 65.5 Å². The number of halogens is 1. The van der Waals surface area contributed by atoms with Crippen LogP contribution in [0, 0.1) is 5.82 Å². The van der Waals surface area contributed by atoms with Crippen molar-refractivity contribution in [3.63, 3.8) is 0 Å². The van der Waals surface area contributed by atoms with Gasteiger partial charge in [-0.1, -0.05) is 30.3 Å². The summed E-state index contributed by atoms with van der Waals surface area (Å²) in [5.41, 5.74) is 1.25. The van der Waals surface area contributed by atoms with Crippen molar-refractivity contribution in [2.45, 2.75) is 31.5 Å². The number of phenols is 1. The van der Waals surface area contributed by atoms with E-state index in [0.29, 0.717) is 12.1 Å². The summed E-state index contributed by atoms with van der Waals surface area (Å²) >= 11 is 0. The van der Waals surface area contributed by atoms with Gasteiger partial charge in [0.15, 0.2) is 0 Å². The second-order valence-corrected chi connectivity index (χ2v) is 6.75. The number of nitrogens with zero attached hydrogens (tertiary/aromatic N) is 2. The molecule has 1 N–H and O–H groups in total. The van der Waals surface area contributed by atoms with Crippen molar-refractivity contribution >= 4 is 5.91 Å². The van der Waals surface area contributed by atoms with E-state index in [1.54, 1.807) is 55.4 Å². The highest BCUT2D eigenvalue weighted by Gasteiger charge is 2.38. The fourth-order valence-electron chi connectivity index (χ4n) is 3.11. The molecule has 0 spiro atoms. The summed E-state index contributed by atoms with van der Waals surface area (Å²) in [6.45, 7) is 0.413. The summed E-state index contributed by atoms with van der Waals surface area (Å²) in [6.07, 6.45) is 1.92. The minimum absolute atomic E-state index is 0.110. The molecule has 2 aromatic rings. The van der Waals surface area contributed by atoms with Gasteiger partial charge in [-0.05, 0) is 50.7 Å². The van der Waals surface area contributed by atoms with Crippen LogP contribution in [0.25, 0.3) is 0 Å². The second-order valence-electron chi connectivity index (χ2n) is 6.75. The highest BCUT2D eigenvalue weighted by molar-refractivity contribution is 5.84. The number of aromatic hydroxyl groups is 1. The average Bonchev–Trinajstić information content (AvgIpc) is 3.39. The third-order valence-corrected chi connectivity index (χ3v) is 4.48. The van der Waals surface area contributed by atoms with Gasteiger partial charge in [-0.15, -0.1) is 0 Å². The molecule has 3 rings (SSSR count). The minimum atomic E-state index is -0.667. The van der Waals surface area contributed by atoms with E-state index in [1.807, 2.05) is 11.0 Å². The number of rotatable bonds is 6. The third-order valence-electron chi connectivity index (χ3n) is 4.48. The molecule has 1 amide bonds. The molecule has 1 fully saturated rings. The van der Waals surface area contributed by atoms with Gasteiger partial charge in [-0.3, -0.25) is 9.69 Å². The topological polar surface area (TPSA) is 43.8 Å². The normalized spacial score (nSPS) is 15.2. The molecular formula is C20H23FN2O2. The van der Waals surface area contributed by atoms with Crippen LogP contribution < -0.4 is 0 Å². The predicted molar refractivity (Wildman–Crippen MR) is 94.5 cm³/mol. The first-order valence-electron chi connectivity index (χ1n) is 8.46. The van der Waals surface area contributed by atoms with E-state index in [-0.39, 0.29) is 23.5 Å². The smallest absolute Gasteiger partial charge is 0.245 e. The zero-order valence-electron chi connectivity index (χ0n) is 14.5. The van der Waals surface area contributed by atoms with Crippen molar-refractivity contribution in [1.29, 1.82) is 0 Å². The average molecular weight is 342 g/mol. The molecule has 5 heteroatoms. The molecule has 0 aliphatic heterocycles. The lowest BCUT2D eigenvalue weighted by Crippen LogP contribution is -2.41. The molecule has 2 aromatic carbocycles. The second kappa shape index (κ2) is 7.23. The van der Waals surface area contributed by atoms with Gasteiger partial charge in [-0.25, -0.2) is 4.39 Å². The first-order chi connectivity index (χ1) is 12.0. The molecule has 1 aliphatic rings. The minimum Gasteiger partial charge on any atom is -0.508 e. The number of carbonyl (C=O) groups is 1. The largest absolute Gasteiger partial charge is 0.508 e. The van der Waals surface area contributed by atoms with Gasteiger partial charge in [0.2, 0.25) is 5.91 Å². The van der Waals surface area contributed by atoms with Gasteiger partial charge in [0.25, 0.3) is 0 Å². The molecule has 0 heterocycles. The van der Waals surface area contributed by atoms with Crippen LogP contribution in [0.15, 0.2) is 48.5 Å². The maximum atomic E-state index is 14.3. The Balaban J connectivity index is 1.89. The zero-order valence-corrected chi connectivity index (χ0v) is 14.5.